The lowest BCUT2D eigenvalue weighted by Gasteiger charge is -2.08. The highest BCUT2D eigenvalue weighted by atomic mass is 16.5. The number of nitrogens with two attached hydrogens (primary N) is 1. The Labute approximate surface area is 98.4 Å². The SMILES string of the molecule is C[C@H](N)C(=O)Nc1ccc(OCC(=O)O)cc1. The van der Waals surface area contributed by atoms with Gasteiger partial charge in [-0.05, 0) is 31.2 Å². The summed E-state index contributed by atoms with van der Waals surface area (Å²) in [5.74, 6) is -0.908. The van der Waals surface area contributed by atoms with Crippen LogP contribution in [0.4, 0.5) is 5.69 Å². The van der Waals surface area contributed by atoms with Gasteiger partial charge in [-0.2, -0.15) is 0 Å². The molecular formula is C11H14N2O4. The average molecular weight is 238 g/mol. The maximum absolute atomic E-state index is 11.3. The lowest BCUT2D eigenvalue weighted by atomic mass is 10.2. The second-order valence-electron chi connectivity index (χ2n) is 3.48. The Bertz CT molecular complexity index is 400. The maximum atomic E-state index is 11.3. The summed E-state index contributed by atoms with van der Waals surface area (Å²) in [6.45, 7) is 1.19. The van der Waals surface area contributed by atoms with Gasteiger partial charge in [-0.15, -0.1) is 0 Å². The number of rotatable bonds is 5. The summed E-state index contributed by atoms with van der Waals surface area (Å²) in [4.78, 5) is 21.5. The van der Waals surface area contributed by atoms with Gasteiger partial charge in [-0.3, -0.25) is 4.79 Å². The van der Waals surface area contributed by atoms with E-state index in [9.17, 15) is 9.59 Å². The molecule has 1 aromatic carbocycles. The monoisotopic (exact) mass is 238 g/mol. The van der Waals surface area contributed by atoms with Crippen LogP contribution in [0.1, 0.15) is 6.92 Å². The zero-order chi connectivity index (χ0) is 12.8. The minimum absolute atomic E-state index is 0.288. The first kappa shape index (κ1) is 13.0. The summed E-state index contributed by atoms with van der Waals surface area (Å²) in [7, 11) is 0. The Morgan fingerprint density at radius 3 is 2.47 bits per heavy atom. The quantitative estimate of drug-likeness (QED) is 0.690. The molecular weight excluding hydrogens is 224 g/mol. The summed E-state index contributed by atoms with van der Waals surface area (Å²) in [6, 6.07) is 5.77. The molecule has 0 heterocycles. The van der Waals surface area contributed by atoms with E-state index in [0.717, 1.165) is 0 Å². The molecule has 0 fully saturated rings. The van der Waals surface area contributed by atoms with Crippen molar-refractivity contribution in [3.63, 3.8) is 0 Å². The third-order valence-corrected chi connectivity index (χ3v) is 1.90. The van der Waals surface area contributed by atoms with Crippen molar-refractivity contribution in [2.24, 2.45) is 5.73 Å². The van der Waals surface area contributed by atoms with E-state index in [1.54, 1.807) is 31.2 Å². The number of benzene rings is 1. The molecule has 6 nitrogen and oxygen atoms in total. The number of hydrogen-bond donors (Lipinski definition) is 3. The van der Waals surface area contributed by atoms with Crippen LogP contribution in [0.3, 0.4) is 0 Å². The molecule has 0 unspecified atom stereocenters. The van der Waals surface area contributed by atoms with Gasteiger partial charge in [-0.1, -0.05) is 0 Å². The Balaban J connectivity index is 2.56. The van der Waals surface area contributed by atoms with Gasteiger partial charge in [0.15, 0.2) is 6.61 Å². The lowest BCUT2D eigenvalue weighted by Crippen LogP contribution is -2.32. The number of ether oxygens (including phenoxy) is 1. The van der Waals surface area contributed by atoms with Gasteiger partial charge in [0.2, 0.25) is 5.91 Å². The number of amides is 1. The van der Waals surface area contributed by atoms with E-state index >= 15 is 0 Å². The molecule has 1 aromatic rings. The Morgan fingerprint density at radius 2 is 2.00 bits per heavy atom. The fourth-order valence-corrected chi connectivity index (χ4v) is 1.04. The number of carboxylic acid groups (broad SMARTS) is 1. The molecule has 17 heavy (non-hydrogen) atoms. The van der Waals surface area contributed by atoms with E-state index < -0.39 is 18.6 Å². The van der Waals surface area contributed by atoms with Crippen molar-refractivity contribution in [3.05, 3.63) is 24.3 Å². The molecule has 0 aliphatic rings. The highest BCUT2D eigenvalue weighted by Crippen LogP contribution is 2.15. The summed E-state index contributed by atoms with van der Waals surface area (Å²) in [5.41, 5.74) is 5.97. The molecule has 0 aliphatic carbocycles. The number of nitrogens with one attached hydrogen (secondary N) is 1. The van der Waals surface area contributed by atoms with Gasteiger partial charge in [0.25, 0.3) is 0 Å². The second-order valence-corrected chi connectivity index (χ2v) is 3.48. The number of carbonyl (C=O) groups excluding carboxylic acids is 1. The predicted molar refractivity (Wildman–Crippen MR) is 61.9 cm³/mol. The van der Waals surface area contributed by atoms with E-state index in [1.165, 1.54) is 0 Å². The normalized spacial score (nSPS) is 11.6. The minimum atomic E-state index is -1.04. The third kappa shape index (κ3) is 4.52. The van der Waals surface area contributed by atoms with Crippen LogP contribution >= 0.6 is 0 Å². The molecule has 92 valence electrons. The van der Waals surface area contributed by atoms with Gasteiger partial charge < -0.3 is 20.9 Å². The van der Waals surface area contributed by atoms with E-state index in [0.29, 0.717) is 11.4 Å². The molecule has 4 N–H and O–H groups in total. The van der Waals surface area contributed by atoms with Crippen LogP contribution in [0.15, 0.2) is 24.3 Å². The fraction of sp³-hybridized carbons (Fsp3) is 0.273. The van der Waals surface area contributed by atoms with Gasteiger partial charge in [0, 0.05) is 5.69 Å². The Hall–Kier alpha value is -2.08. The molecule has 0 saturated heterocycles. The second kappa shape index (κ2) is 5.86. The summed E-state index contributed by atoms with van der Waals surface area (Å²) >= 11 is 0. The van der Waals surface area contributed by atoms with Crippen LogP contribution in [0.2, 0.25) is 0 Å². The summed E-state index contributed by atoms with van der Waals surface area (Å²) < 4.78 is 4.94. The van der Waals surface area contributed by atoms with Crippen molar-refractivity contribution in [1.29, 1.82) is 0 Å². The first-order valence-corrected chi connectivity index (χ1v) is 5.00. The van der Waals surface area contributed by atoms with E-state index in [4.69, 9.17) is 15.6 Å². The van der Waals surface area contributed by atoms with E-state index in [1.807, 2.05) is 0 Å². The predicted octanol–water partition coefficient (Wildman–Crippen LogP) is 0.436. The van der Waals surface area contributed by atoms with Crippen molar-refractivity contribution in [1.82, 2.24) is 0 Å². The number of aliphatic carboxylic acids is 1. The van der Waals surface area contributed by atoms with Crippen LogP contribution in [-0.2, 0) is 9.59 Å². The van der Waals surface area contributed by atoms with Gasteiger partial charge in [0.05, 0.1) is 6.04 Å². The summed E-state index contributed by atoms with van der Waals surface area (Å²) in [6.07, 6.45) is 0. The number of carbonyl (C=O) groups is 2. The highest BCUT2D eigenvalue weighted by Gasteiger charge is 2.07. The zero-order valence-corrected chi connectivity index (χ0v) is 9.34. The lowest BCUT2D eigenvalue weighted by molar-refractivity contribution is -0.139. The van der Waals surface area contributed by atoms with Crippen molar-refractivity contribution >= 4 is 17.6 Å². The van der Waals surface area contributed by atoms with Crippen molar-refractivity contribution in [2.45, 2.75) is 13.0 Å². The molecule has 0 aliphatic heterocycles. The molecule has 0 aromatic heterocycles. The molecule has 0 bridgehead atoms. The number of hydrogen-bond acceptors (Lipinski definition) is 4. The minimum Gasteiger partial charge on any atom is -0.482 e. The van der Waals surface area contributed by atoms with Crippen LogP contribution in [0, 0.1) is 0 Å². The number of anilines is 1. The smallest absolute Gasteiger partial charge is 0.341 e. The topological polar surface area (TPSA) is 102 Å². The molecule has 0 saturated carbocycles. The van der Waals surface area contributed by atoms with E-state index in [2.05, 4.69) is 5.32 Å². The van der Waals surface area contributed by atoms with Crippen molar-refractivity contribution < 1.29 is 19.4 Å². The highest BCUT2D eigenvalue weighted by molar-refractivity contribution is 5.94. The molecule has 1 amide bonds. The average Bonchev–Trinajstić information content (AvgIpc) is 2.28. The first-order chi connectivity index (χ1) is 7.99. The standard InChI is InChI=1S/C11H14N2O4/c1-7(12)11(16)13-8-2-4-9(5-3-8)17-6-10(14)15/h2-5,7H,6,12H2,1H3,(H,13,16)(H,14,15)/t7-/m0/s1. The van der Waals surface area contributed by atoms with Crippen LogP contribution < -0.4 is 15.8 Å². The first-order valence-electron chi connectivity index (χ1n) is 5.00. The van der Waals surface area contributed by atoms with Crippen LogP contribution in [0.25, 0.3) is 0 Å². The maximum Gasteiger partial charge on any atom is 0.341 e. The molecule has 6 heteroatoms. The fourth-order valence-electron chi connectivity index (χ4n) is 1.04. The molecule has 1 rings (SSSR count). The summed E-state index contributed by atoms with van der Waals surface area (Å²) in [5, 5.41) is 11.0. The zero-order valence-electron chi connectivity index (χ0n) is 9.34. The van der Waals surface area contributed by atoms with Crippen molar-refractivity contribution in [2.75, 3.05) is 11.9 Å². The van der Waals surface area contributed by atoms with Crippen molar-refractivity contribution in [3.8, 4) is 5.75 Å². The van der Waals surface area contributed by atoms with Crippen LogP contribution in [0.5, 0.6) is 5.75 Å². The third-order valence-electron chi connectivity index (χ3n) is 1.90. The van der Waals surface area contributed by atoms with Crippen LogP contribution in [-0.4, -0.2) is 29.6 Å². The molecule has 0 spiro atoms. The number of carboxylic acids is 1. The Kier molecular flexibility index (Phi) is 4.47. The molecule has 0 radical (unpaired) electrons. The van der Waals surface area contributed by atoms with Gasteiger partial charge >= 0.3 is 5.97 Å². The molecule has 1 atom stereocenters. The van der Waals surface area contributed by atoms with E-state index in [-0.39, 0.29) is 5.91 Å². The van der Waals surface area contributed by atoms with Gasteiger partial charge in [0.1, 0.15) is 5.75 Å². The largest absolute Gasteiger partial charge is 0.482 e. The Morgan fingerprint density at radius 1 is 1.41 bits per heavy atom. The van der Waals surface area contributed by atoms with Gasteiger partial charge in [-0.25, -0.2) is 4.79 Å².